The Hall–Kier alpha value is -3.20. The summed E-state index contributed by atoms with van der Waals surface area (Å²) in [5, 5.41) is 3.68. The van der Waals surface area contributed by atoms with Crippen molar-refractivity contribution in [2.24, 2.45) is 0 Å². The maximum absolute atomic E-state index is 15.4. The maximum Gasteiger partial charge on any atom is 0.419 e. The highest BCUT2D eigenvalue weighted by molar-refractivity contribution is 7.71. The number of para-hydroxylation sites is 1. The molecule has 1 N–H and O–H groups in total. The van der Waals surface area contributed by atoms with Crippen LogP contribution in [-0.4, -0.2) is 52.8 Å². The second-order valence-corrected chi connectivity index (χ2v) is 12.8. The third-order valence-corrected chi connectivity index (χ3v) is 10.2. The number of hydrogen-bond donors (Lipinski definition) is 1. The van der Waals surface area contributed by atoms with Crippen molar-refractivity contribution in [2.75, 3.05) is 37.3 Å². The number of anilines is 1. The van der Waals surface area contributed by atoms with E-state index in [1.54, 1.807) is 17.9 Å². The Morgan fingerprint density at radius 2 is 1.92 bits per heavy atom. The molecule has 0 unspecified atom stereocenters. The number of benzene rings is 2. The maximum atomic E-state index is 15.4. The molecule has 1 atom stereocenters. The molecule has 0 aliphatic carbocycles. The zero-order valence-electron chi connectivity index (χ0n) is 20.9. The van der Waals surface area contributed by atoms with E-state index in [1.807, 2.05) is 0 Å². The Balaban J connectivity index is 1.59. The van der Waals surface area contributed by atoms with Crippen LogP contribution in [-0.2, 0) is 22.0 Å². The molecular formula is C26H27F4N4O3P. The molecule has 5 rings (SSSR count). The average molecular weight is 550 g/mol. The summed E-state index contributed by atoms with van der Waals surface area (Å²) in [6.07, 6.45) is -3.60. The number of nitrogens with zero attached hydrogens (tertiary/aromatic N) is 3. The lowest BCUT2D eigenvalue weighted by molar-refractivity contribution is -0.139. The van der Waals surface area contributed by atoms with Gasteiger partial charge >= 0.3 is 6.18 Å². The monoisotopic (exact) mass is 550 g/mol. The smallest absolute Gasteiger partial charge is 0.419 e. The van der Waals surface area contributed by atoms with Crippen molar-refractivity contribution >= 4 is 35.1 Å². The third-order valence-electron chi connectivity index (χ3n) is 7.12. The Morgan fingerprint density at radius 1 is 1.18 bits per heavy atom. The number of alkyl halides is 3. The van der Waals surface area contributed by atoms with Crippen molar-refractivity contribution in [3.63, 3.8) is 0 Å². The molecule has 3 heterocycles. The lowest BCUT2D eigenvalue weighted by Crippen LogP contribution is -2.40. The first-order valence-corrected chi connectivity index (χ1v) is 14.5. The SMILES string of the molecule is CC(=O)N1CCP(=O)(c2cc3c4nc(nc3cc2F)CCCOc2c(cccc2C(F)(F)F)[C@@H](C)N4)CC1. The second kappa shape index (κ2) is 9.84. The van der Waals surface area contributed by atoms with Crippen molar-refractivity contribution in [3.05, 3.63) is 53.1 Å². The van der Waals surface area contributed by atoms with Crippen LogP contribution < -0.4 is 15.4 Å². The zero-order valence-corrected chi connectivity index (χ0v) is 21.8. The number of carbonyl (C=O) groups is 1. The molecule has 12 heteroatoms. The van der Waals surface area contributed by atoms with Crippen LogP contribution in [0.3, 0.4) is 0 Å². The molecule has 1 saturated heterocycles. The first-order valence-electron chi connectivity index (χ1n) is 12.4. The molecule has 0 saturated carbocycles. The molecule has 7 nitrogen and oxygen atoms in total. The van der Waals surface area contributed by atoms with Gasteiger partial charge in [0.15, 0.2) is 0 Å². The number of rotatable bonds is 1. The predicted octanol–water partition coefficient (Wildman–Crippen LogP) is 5.14. The molecule has 2 bridgehead atoms. The van der Waals surface area contributed by atoms with Gasteiger partial charge in [-0.3, -0.25) is 4.79 Å². The number of carbonyl (C=O) groups excluding carboxylic acids is 1. The Labute approximate surface area is 217 Å². The van der Waals surface area contributed by atoms with E-state index in [1.165, 1.54) is 25.1 Å². The number of fused-ring (bicyclic) bond motifs is 5. The van der Waals surface area contributed by atoms with Crippen LogP contribution in [0.25, 0.3) is 10.9 Å². The summed E-state index contributed by atoms with van der Waals surface area (Å²) in [4.78, 5) is 22.4. The summed E-state index contributed by atoms with van der Waals surface area (Å²) >= 11 is 0. The van der Waals surface area contributed by atoms with Crippen LogP contribution in [0.1, 0.15) is 43.3 Å². The summed E-state index contributed by atoms with van der Waals surface area (Å²) in [7, 11) is -3.14. The second-order valence-electron chi connectivity index (χ2n) is 9.69. The van der Waals surface area contributed by atoms with Gasteiger partial charge < -0.3 is 19.5 Å². The van der Waals surface area contributed by atoms with Crippen molar-refractivity contribution in [1.82, 2.24) is 14.9 Å². The normalized spacial score (nSPS) is 19.6. The molecule has 3 aromatic rings. The topological polar surface area (TPSA) is 84.4 Å². The fourth-order valence-electron chi connectivity index (χ4n) is 5.03. The van der Waals surface area contributed by atoms with Gasteiger partial charge in [-0.15, -0.1) is 0 Å². The summed E-state index contributed by atoms with van der Waals surface area (Å²) in [6.45, 7) is 3.72. The number of amides is 1. The summed E-state index contributed by atoms with van der Waals surface area (Å²) < 4.78 is 76.0. The minimum absolute atomic E-state index is 0.0251. The van der Waals surface area contributed by atoms with Crippen LogP contribution in [0.2, 0.25) is 0 Å². The first-order chi connectivity index (χ1) is 18.0. The van der Waals surface area contributed by atoms with Crippen LogP contribution in [0, 0.1) is 5.82 Å². The quantitative estimate of drug-likeness (QED) is 0.334. The number of aryl methyl sites for hydroxylation is 1. The van der Waals surface area contributed by atoms with Crippen molar-refractivity contribution in [1.29, 1.82) is 0 Å². The fraction of sp³-hybridized carbons (Fsp3) is 0.423. The first kappa shape index (κ1) is 26.4. The largest absolute Gasteiger partial charge is 0.493 e. The Morgan fingerprint density at radius 3 is 2.61 bits per heavy atom. The van der Waals surface area contributed by atoms with E-state index in [9.17, 15) is 22.5 Å². The van der Waals surface area contributed by atoms with Gasteiger partial charge in [0.2, 0.25) is 5.91 Å². The fourth-order valence-corrected chi connectivity index (χ4v) is 7.68. The minimum atomic E-state index is -4.59. The number of aromatic nitrogens is 2. The molecule has 1 amide bonds. The third kappa shape index (κ3) is 4.96. The highest BCUT2D eigenvalue weighted by Gasteiger charge is 2.37. The van der Waals surface area contributed by atoms with Crippen LogP contribution >= 0.6 is 7.14 Å². The highest BCUT2D eigenvalue weighted by atomic mass is 31.2. The van der Waals surface area contributed by atoms with Gasteiger partial charge in [-0.05, 0) is 25.5 Å². The Kier molecular flexibility index (Phi) is 6.84. The van der Waals surface area contributed by atoms with Crippen molar-refractivity contribution in [3.8, 4) is 5.75 Å². The number of nitrogens with one attached hydrogen (secondary N) is 1. The van der Waals surface area contributed by atoms with E-state index in [0.717, 1.165) is 6.07 Å². The minimum Gasteiger partial charge on any atom is -0.493 e. The van der Waals surface area contributed by atoms with Crippen molar-refractivity contribution < 1.29 is 31.7 Å². The highest BCUT2D eigenvalue weighted by Crippen LogP contribution is 2.48. The van der Waals surface area contributed by atoms with Crippen molar-refractivity contribution in [2.45, 2.75) is 38.9 Å². The lowest BCUT2D eigenvalue weighted by Gasteiger charge is -2.32. The predicted molar refractivity (Wildman–Crippen MR) is 136 cm³/mol. The standard InChI is InChI=1S/C26H27F4N4O3P/c1-15-17-5-3-6-19(26(28,29)30)24(17)37-10-4-7-23-32-21-14-20(27)22(13-18(21)25(31-15)33-23)38(36)11-8-34(9-12-38)16(2)35/h3,5-6,13-15H,4,7-12H2,1-2H3,(H,31,32,33)/t15-/m1/s1. The van der Waals surface area contributed by atoms with Crippen LogP contribution in [0.15, 0.2) is 30.3 Å². The van der Waals surface area contributed by atoms with E-state index < -0.39 is 30.7 Å². The van der Waals surface area contributed by atoms with E-state index in [4.69, 9.17) is 4.74 Å². The number of halogens is 4. The number of ether oxygens (including phenoxy) is 1. The van der Waals surface area contributed by atoms with Crippen LogP contribution in [0.4, 0.5) is 23.4 Å². The Bertz CT molecular complexity index is 1450. The summed E-state index contributed by atoms with van der Waals surface area (Å²) in [5.41, 5.74) is -0.240. The molecule has 1 fully saturated rings. The van der Waals surface area contributed by atoms with E-state index >= 15 is 4.39 Å². The lowest BCUT2D eigenvalue weighted by atomic mass is 10.0. The average Bonchev–Trinajstić information content (AvgIpc) is 2.87. The van der Waals surface area contributed by atoms with E-state index in [0.29, 0.717) is 41.0 Å². The van der Waals surface area contributed by atoms with Gasteiger partial charge in [0.1, 0.15) is 30.4 Å². The van der Waals surface area contributed by atoms with Gasteiger partial charge in [0.25, 0.3) is 0 Å². The summed E-state index contributed by atoms with van der Waals surface area (Å²) in [5.74, 6) is -0.273. The van der Waals surface area contributed by atoms with E-state index in [2.05, 4.69) is 15.3 Å². The molecule has 2 aromatic carbocycles. The van der Waals surface area contributed by atoms with Gasteiger partial charge in [0.05, 0.1) is 23.7 Å². The molecule has 2 aliphatic heterocycles. The van der Waals surface area contributed by atoms with Gasteiger partial charge in [-0.25, -0.2) is 14.4 Å². The van der Waals surface area contributed by atoms with E-state index in [-0.39, 0.29) is 49.0 Å². The summed E-state index contributed by atoms with van der Waals surface area (Å²) in [6, 6.07) is 5.98. The van der Waals surface area contributed by atoms with Crippen LogP contribution in [0.5, 0.6) is 5.75 Å². The molecule has 2 aliphatic rings. The molecule has 0 radical (unpaired) electrons. The van der Waals surface area contributed by atoms with Gasteiger partial charge in [0, 0.05) is 61.1 Å². The molecule has 202 valence electrons. The molecule has 38 heavy (non-hydrogen) atoms. The van der Waals surface area contributed by atoms with Gasteiger partial charge in [-0.1, -0.05) is 12.1 Å². The number of hydrogen-bond acceptors (Lipinski definition) is 6. The van der Waals surface area contributed by atoms with Gasteiger partial charge in [-0.2, -0.15) is 13.2 Å². The molecule has 0 spiro atoms. The zero-order chi connectivity index (χ0) is 27.2. The molecule has 1 aromatic heterocycles. The molecular weight excluding hydrogens is 523 g/mol.